The summed E-state index contributed by atoms with van der Waals surface area (Å²) in [5, 5.41) is 30.7. The Hall–Kier alpha value is -1.71. The molecule has 0 radical (unpaired) electrons. The smallest absolute Gasteiger partial charge is 0.329 e. The fourth-order valence-corrected chi connectivity index (χ4v) is 4.95. The van der Waals surface area contributed by atoms with Gasteiger partial charge in [0.15, 0.2) is 6.29 Å². The van der Waals surface area contributed by atoms with Crippen LogP contribution in [-0.2, 0) is 22.6 Å². The van der Waals surface area contributed by atoms with Crippen molar-refractivity contribution >= 4 is 11.0 Å². The number of aliphatic hydroxyl groups is 3. The molecule has 2 aromatic rings. The number of aryl methyl sites for hydroxylation is 1. The molecule has 34 heavy (non-hydrogen) atoms. The Morgan fingerprint density at radius 3 is 2.00 bits per heavy atom. The van der Waals surface area contributed by atoms with Crippen molar-refractivity contribution in [1.29, 1.82) is 0 Å². The molecule has 1 aliphatic rings. The van der Waals surface area contributed by atoms with Crippen LogP contribution in [-0.4, -0.2) is 62.3 Å². The highest BCUT2D eigenvalue weighted by Gasteiger charge is 2.44. The zero-order valence-electron chi connectivity index (χ0n) is 20.6. The van der Waals surface area contributed by atoms with Crippen molar-refractivity contribution in [2.24, 2.45) is 0 Å². The van der Waals surface area contributed by atoms with Gasteiger partial charge in [0.2, 0.25) is 0 Å². The van der Waals surface area contributed by atoms with Gasteiger partial charge in [-0.2, -0.15) is 0 Å². The summed E-state index contributed by atoms with van der Waals surface area (Å²) in [5.74, 6) is 0. The van der Waals surface area contributed by atoms with Crippen LogP contribution in [0.5, 0.6) is 0 Å². The maximum absolute atomic E-state index is 13.3. The third kappa shape index (κ3) is 6.49. The lowest BCUT2D eigenvalue weighted by Crippen LogP contribution is -2.59. The molecule has 5 atom stereocenters. The van der Waals surface area contributed by atoms with Crippen molar-refractivity contribution in [2.75, 3.05) is 7.11 Å². The molecule has 1 unspecified atom stereocenters. The van der Waals surface area contributed by atoms with E-state index in [4.69, 9.17) is 9.47 Å². The van der Waals surface area contributed by atoms with Gasteiger partial charge in [0.25, 0.3) is 0 Å². The van der Waals surface area contributed by atoms with E-state index in [1.54, 1.807) is 9.13 Å². The first-order chi connectivity index (χ1) is 16.5. The number of aromatic nitrogens is 2. The van der Waals surface area contributed by atoms with E-state index in [0.717, 1.165) is 23.9 Å². The van der Waals surface area contributed by atoms with Crippen molar-refractivity contribution in [2.45, 2.75) is 115 Å². The summed E-state index contributed by atoms with van der Waals surface area (Å²) in [6.45, 7) is 2.93. The lowest BCUT2D eigenvalue weighted by Gasteiger charge is -2.40. The molecule has 0 aliphatic carbocycles. The Balaban J connectivity index is 1.60. The molecule has 0 bridgehead atoms. The van der Waals surface area contributed by atoms with E-state index in [0.29, 0.717) is 6.54 Å². The van der Waals surface area contributed by atoms with Crippen LogP contribution in [0.1, 0.15) is 71.1 Å². The molecule has 3 N–H and O–H groups in total. The second kappa shape index (κ2) is 13.4. The van der Waals surface area contributed by atoms with E-state index >= 15 is 0 Å². The third-order valence-electron chi connectivity index (χ3n) is 6.96. The second-order valence-corrected chi connectivity index (χ2v) is 9.46. The first-order valence-corrected chi connectivity index (χ1v) is 12.9. The number of imidazole rings is 1. The van der Waals surface area contributed by atoms with Crippen molar-refractivity contribution in [3.05, 3.63) is 34.7 Å². The number of unbranched alkanes of at least 4 members (excludes halogenated alkanes) is 9. The normalized spacial score (nSPS) is 25.3. The molecule has 192 valence electrons. The number of benzene rings is 1. The fraction of sp³-hybridized carbons (Fsp3) is 0.731. The molecular weight excluding hydrogens is 436 g/mol. The second-order valence-electron chi connectivity index (χ2n) is 9.46. The van der Waals surface area contributed by atoms with Crippen LogP contribution in [0.15, 0.2) is 29.1 Å². The molecule has 0 saturated carbocycles. The van der Waals surface area contributed by atoms with Crippen molar-refractivity contribution in [3.8, 4) is 0 Å². The Labute approximate surface area is 202 Å². The molecule has 2 heterocycles. The van der Waals surface area contributed by atoms with Crippen LogP contribution in [0.2, 0.25) is 0 Å². The van der Waals surface area contributed by atoms with Crippen LogP contribution < -0.4 is 5.69 Å². The zero-order valence-corrected chi connectivity index (χ0v) is 20.6. The standard InChI is InChI=1S/C26H42N2O6/c1-3-4-5-6-7-8-9-10-11-14-17-27-19-15-12-13-16-20(19)28(26(27)32)18-21-22(29)24(33-2)23(30)25(31)34-21/h12-13,15-16,21-25,29-31H,3-11,14,17-18H2,1-2H3/t21-,22-,23-,24+,25?/m1/s1. The SMILES string of the molecule is CCCCCCCCCCCCn1c(=O)n(C[C@H]2OC(O)[C@H](O)[C@@H](OC)[C@@H]2O)c2ccccc21. The average Bonchev–Trinajstić information content (AvgIpc) is 3.10. The first-order valence-electron chi connectivity index (χ1n) is 12.9. The number of ether oxygens (including phenoxy) is 2. The van der Waals surface area contributed by atoms with Gasteiger partial charge in [-0.3, -0.25) is 9.13 Å². The number of fused-ring (bicyclic) bond motifs is 1. The molecule has 8 heteroatoms. The monoisotopic (exact) mass is 478 g/mol. The molecule has 0 spiro atoms. The Morgan fingerprint density at radius 2 is 1.41 bits per heavy atom. The predicted octanol–water partition coefficient (Wildman–Crippen LogP) is 3.18. The maximum atomic E-state index is 13.3. The highest BCUT2D eigenvalue weighted by Crippen LogP contribution is 2.24. The fourth-order valence-electron chi connectivity index (χ4n) is 4.95. The summed E-state index contributed by atoms with van der Waals surface area (Å²) >= 11 is 0. The first kappa shape index (κ1) is 26.9. The minimum absolute atomic E-state index is 0.0508. The molecule has 8 nitrogen and oxygen atoms in total. The number of para-hydroxylation sites is 2. The molecule has 1 aliphatic heterocycles. The molecule has 1 aromatic heterocycles. The van der Waals surface area contributed by atoms with Gasteiger partial charge in [-0.25, -0.2) is 4.79 Å². The van der Waals surface area contributed by atoms with Crippen LogP contribution in [0.4, 0.5) is 0 Å². The number of nitrogens with zero attached hydrogens (tertiary/aromatic N) is 2. The lowest BCUT2D eigenvalue weighted by molar-refractivity contribution is -0.288. The number of rotatable bonds is 14. The van der Waals surface area contributed by atoms with Gasteiger partial charge in [0.05, 0.1) is 17.6 Å². The third-order valence-corrected chi connectivity index (χ3v) is 6.96. The summed E-state index contributed by atoms with van der Waals surface area (Å²) in [6, 6.07) is 7.59. The van der Waals surface area contributed by atoms with Crippen molar-refractivity contribution < 1.29 is 24.8 Å². The Kier molecular flexibility index (Phi) is 10.6. The van der Waals surface area contributed by atoms with Crippen molar-refractivity contribution in [1.82, 2.24) is 9.13 Å². The van der Waals surface area contributed by atoms with Crippen LogP contribution in [0.3, 0.4) is 0 Å². The lowest BCUT2D eigenvalue weighted by atomic mass is 9.98. The van der Waals surface area contributed by atoms with Gasteiger partial charge in [-0.15, -0.1) is 0 Å². The van der Waals surface area contributed by atoms with Crippen LogP contribution in [0.25, 0.3) is 11.0 Å². The highest BCUT2D eigenvalue weighted by molar-refractivity contribution is 5.76. The molecule has 1 fully saturated rings. The number of methoxy groups -OCH3 is 1. The minimum atomic E-state index is -1.49. The highest BCUT2D eigenvalue weighted by atomic mass is 16.6. The predicted molar refractivity (Wildman–Crippen MR) is 132 cm³/mol. The molecule has 1 saturated heterocycles. The van der Waals surface area contributed by atoms with Gasteiger partial charge < -0.3 is 24.8 Å². The van der Waals surface area contributed by atoms with Gasteiger partial charge in [0, 0.05) is 13.7 Å². The van der Waals surface area contributed by atoms with E-state index in [2.05, 4.69) is 6.92 Å². The van der Waals surface area contributed by atoms with Gasteiger partial charge >= 0.3 is 5.69 Å². The summed E-state index contributed by atoms with van der Waals surface area (Å²) in [7, 11) is 1.36. The summed E-state index contributed by atoms with van der Waals surface area (Å²) in [4.78, 5) is 13.3. The summed E-state index contributed by atoms with van der Waals surface area (Å²) < 4.78 is 14.0. The van der Waals surface area contributed by atoms with E-state index in [-0.39, 0.29) is 12.2 Å². The number of hydrogen-bond donors (Lipinski definition) is 3. The topological polar surface area (TPSA) is 106 Å². The molecule has 0 amide bonds. The van der Waals surface area contributed by atoms with E-state index in [9.17, 15) is 20.1 Å². The largest absolute Gasteiger partial charge is 0.388 e. The quantitative estimate of drug-likeness (QED) is 0.360. The van der Waals surface area contributed by atoms with E-state index in [1.165, 1.54) is 58.5 Å². The molecular formula is C26H42N2O6. The van der Waals surface area contributed by atoms with E-state index in [1.807, 2.05) is 24.3 Å². The molecule has 3 rings (SSSR count). The van der Waals surface area contributed by atoms with E-state index < -0.39 is 30.7 Å². The van der Waals surface area contributed by atoms with Gasteiger partial charge in [-0.05, 0) is 18.6 Å². The van der Waals surface area contributed by atoms with Crippen molar-refractivity contribution in [3.63, 3.8) is 0 Å². The maximum Gasteiger partial charge on any atom is 0.329 e. The number of aliphatic hydroxyl groups excluding tert-OH is 3. The van der Waals surface area contributed by atoms with Gasteiger partial charge in [0.1, 0.15) is 24.4 Å². The van der Waals surface area contributed by atoms with Gasteiger partial charge in [-0.1, -0.05) is 76.8 Å². The number of hydrogen-bond acceptors (Lipinski definition) is 6. The Morgan fingerprint density at radius 1 is 0.853 bits per heavy atom. The minimum Gasteiger partial charge on any atom is -0.388 e. The average molecular weight is 479 g/mol. The van der Waals surface area contributed by atoms with Crippen LogP contribution >= 0.6 is 0 Å². The van der Waals surface area contributed by atoms with Crippen LogP contribution in [0, 0.1) is 0 Å². The zero-order chi connectivity index (χ0) is 24.5. The summed E-state index contributed by atoms with van der Waals surface area (Å²) in [5.41, 5.74) is 1.44. The molecule has 1 aromatic carbocycles. The summed E-state index contributed by atoms with van der Waals surface area (Å²) in [6.07, 6.45) is 6.44. The Bertz CT molecular complexity index is 926.